The maximum Gasteiger partial charge on any atom is 0.108 e. The van der Waals surface area contributed by atoms with Crippen molar-refractivity contribution in [3.05, 3.63) is 29.6 Å². The van der Waals surface area contributed by atoms with Gasteiger partial charge in [-0.2, -0.15) is 5.26 Å². The molecule has 0 aliphatic carbocycles. The normalized spacial score (nSPS) is 9.09. The molecule has 1 radical (unpaired) electrons. The minimum absolute atomic E-state index is 0.504. The van der Waals surface area contributed by atoms with Gasteiger partial charge < -0.3 is 0 Å². The molecule has 1 rings (SSSR count). The predicted octanol–water partition coefficient (Wildman–Crippen LogP) is 1.71. The lowest BCUT2D eigenvalue weighted by Crippen LogP contribution is -1.88. The lowest BCUT2D eigenvalue weighted by Gasteiger charge is -1.94. The average Bonchev–Trinajstić information content (AvgIpc) is 2.07. The molecule has 0 saturated carbocycles. The first-order chi connectivity index (χ1) is 5.36. The molecule has 0 aliphatic rings. The van der Waals surface area contributed by atoms with Crippen LogP contribution in [0.25, 0.3) is 0 Å². The molecule has 1 heterocycles. The second kappa shape index (κ2) is 3.72. The van der Waals surface area contributed by atoms with E-state index < -0.39 is 0 Å². The van der Waals surface area contributed by atoms with Crippen molar-refractivity contribution >= 4 is 0 Å². The van der Waals surface area contributed by atoms with Crippen molar-refractivity contribution in [1.29, 1.82) is 5.26 Å². The highest BCUT2D eigenvalue weighted by molar-refractivity contribution is 5.25. The minimum Gasteiger partial charge on any atom is -0.250 e. The van der Waals surface area contributed by atoms with E-state index in [0.717, 1.165) is 18.5 Å². The molecule has 0 N–H and O–H groups in total. The number of pyridine rings is 1. The van der Waals surface area contributed by atoms with E-state index >= 15 is 0 Å². The molecule has 0 unspecified atom stereocenters. The van der Waals surface area contributed by atoms with Crippen LogP contribution in [0.3, 0.4) is 0 Å². The van der Waals surface area contributed by atoms with Crippen molar-refractivity contribution in [1.82, 2.24) is 4.98 Å². The lowest BCUT2D eigenvalue weighted by atomic mass is 10.2. The maximum absolute atomic E-state index is 8.44. The standard InChI is InChI=1S/C9H9N2/c1-2-3-9-5-4-8(6-10)7-11-9/h4-5H,2-3H2,1H3. The number of hydrogen-bond donors (Lipinski definition) is 0. The maximum atomic E-state index is 8.44. The molecule has 0 aromatic carbocycles. The highest BCUT2D eigenvalue weighted by Crippen LogP contribution is 2.00. The summed E-state index contributed by atoms with van der Waals surface area (Å²) in [7, 11) is 0. The van der Waals surface area contributed by atoms with Gasteiger partial charge in [0.1, 0.15) is 12.3 Å². The van der Waals surface area contributed by atoms with Gasteiger partial charge in [0.15, 0.2) is 0 Å². The van der Waals surface area contributed by atoms with Crippen LogP contribution < -0.4 is 0 Å². The third-order valence-electron chi connectivity index (χ3n) is 1.39. The molecule has 0 aliphatic heterocycles. The van der Waals surface area contributed by atoms with Crippen LogP contribution in [0.4, 0.5) is 0 Å². The minimum atomic E-state index is 0.504. The van der Waals surface area contributed by atoms with Crippen LogP contribution in [-0.2, 0) is 6.42 Å². The zero-order valence-electron chi connectivity index (χ0n) is 6.46. The van der Waals surface area contributed by atoms with E-state index in [4.69, 9.17) is 5.26 Å². The Hall–Kier alpha value is -1.36. The Labute approximate surface area is 66.5 Å². The summed E-state index contributed by atoms with van der Waals surface area (Å²) in [5.74, 6) is 0. The van der Waals surface area contributed by atoms with Crippen LogP contribution in [-0.4, -0.2) is 4.98 Å². The number of nitriles is 1. The third-order valence-corrected chi connectivity index (χ3v) is 1.39. The van der Waals surface area contributed by atoms with E-state index in [1.54, 1.807) is 6.07 Å². The van der Waals surface area contributed by atoms with Gasteiger partial charge in [0, 0.05) is 5.69 Å². The molecule has 0 amide bonds. The number of rotatable bonds is 2. The van der Waals surface area contributed by atoms with Gasteiger partial charge in [-0.3, -0.25) is 0 Å². The summed E-state index contributed by atoms with van der Waals surface area (Å²) in [5, 5.41) is 8.44. The molecule has 2 heteroatoms. The van der Waals surface area contributed by atoms with Gasteiger partial charge in [-0.25, -0.2) is 4.98 Å². The Balaban J connectivity index is 2.76. The Kier molecular flexibility index (Phi) is 2.62. The Bertz CT molecular complexity index is 256. The van der Waals surface area contributed by atoms with Crippen molar-refractivity contribution in [2.75, 3.05) is 0 Å². The van der Waals surface area contributed by atoms with Gasteiger partial charge in [-0.05, 0) is 18.6 Å². The topological polar surface area (TPSA) is 36.7 Å². The number of hydrogen-bond acceptors (Lipinski definition) is 2. The van der Waals surface area contributed by atoms with Crippen molar-refractivity contribution < 1.29 is 0 Å². The smallest absolute Gasteiger partial charge is 0.108 e. The van der Waals surface area contributed by atoms with Crippen molar-refractivity contribution in [2.24, 2.45) is 0 Å². The molecular weight excluding hydrogens is 136 g/mol. The zero-order valence-corrected chi connectivity index (χ0v) is 6.46. The average molecular weight is 145 g/mol. The molecule has 0 bridgehead atoms. The summed E-state index contributed by atoms with van der Waals surface area (Å²) < 4.78 is 0. The second-order valence-corrected chi connectivity index (χ2v) is 2.32. The molecular formula is C9H9N2. The fraction of sp³-hybridized carbons (Fsp3) is 0.333. The molecule has 11 heavy (non-hydrogen) atoms. The van der Waals surface area contributed by atoms with Crippen molar-refractivity contribution in [3.63, 3.8) is 0 Å². The van der Waals surface area contributed by atoms with Crippen molar-refractivity contribution in [2.45, 2.75) is 19.8 Å². The quantitative estimate of drug-likeness (QED) is 0.635. The van der Waals surface area contributed by atoms with Crippen LogP contribution >= 0.6 is 0 Å². The Morgan fingerprint density at radius 2 is 2.45 bits per heavy atom. The fourth-order valence-corrected chi connectivity index (χ4v) is 0.844. The van der Waals surface area contributed by atoms with Gasteiger partial charge in [-0.1, -0.05) is 13.3 Å². The van der Waals surface area contributed by atoms with Crippen LogP contribution in [0.1, 0.15) is 24.6 Å². The van der Waals surface area contributed by atoms with E-state index in [0.29, 0.717) is 5.56 Å². The van der Waals surface area contributed by atoms with Gasteiger partial charge in [-0.15, -0.1) is 0 Å². The molecule has 1 aromatic rings. The van der Waals surface area contributed by atoms with Gasteiger partial charge in [0.25, 0.3) is 0 Å². The van der Waals surface area contributed by atoms with Crippen molar-refractivity contribution in [3.8, 4) is 6.07 Å². The van der Waals surface area contributed by atoms with Crippen LogP contribution in [0.2, 0.25) is 0 Å². The third kappa shape index (κ3) is 2.05. The molecule has 0 saturated heterocycles. The monoisotopic (exact) mass is 145 g/mol. The summed E-state index contributed by atoms with van der Waals surface area (Å²) in [4.78, 5) is 3.99. The zero-order chi connectivity index (χ0) is 8.10. The molecule has 2 nitrogen and oxygen atoms in total. The van der Waals surface area contributed by atoms with Gasteiger partial charge >= 0.3 is 0 Å². The number of nitrogens with zero attached hydrogens (tertiary/aromatic N) is 2. The second-order valence-electron chi connectivity index (χ2n) is 2.32. The number of aryl methyl sites for hydroxylation is 1. The highest BCUT2D eigenvalue weighted by Gasteiger charge is 1.93. The first kappa shape index (κ1) is 7.74. The summed E-state index contributed by atoms with van der Waals surface area (Å²) in [6.07, 6.45) is 4.70. The van der Waals surface area contributed by atoms with Crippen LogP contribution in [0.15, 0.2) is 12.1 Å². The van der Waals surface area contributed by atoms with E-state index in [1.165, 1.54) is 0 Å². The Morgan fingerprint density at radius 1 is 1.64 bits per heavy atom. The highest BCUT2D eigenvalue weighted by atomic mass is 14.7. The summed E-state index contributed by atoms with van der Waals surface area (Å²) >= 11 is 0. The summed E-state index contributed by atoms with van der Waals surface area (Å²) in [6, 6.07) is 5.60. The first-order valence-electron chi connectivity index (χ1n) is 3.64. The van der Waals surface area contributed by atoms with Crippen LogP contribution in [0.5, 0.6) is 0 Å². The lowest BCUT2D eigenvalue weighted by molar-refractivity contribution is 0.880. The van der Waals surface area contributed by atoms with Gasteiger partial charge in [0.05, 0.1) is 5.56 Å². The SMILES string of the molecule is CCCc1ccc(C#N)[c]n1. The molecule has 0 fully saturated rings. The molecule has 55 valence electrons. The molecule has 0 atom stereocenters. The first-order valence-corrected chi connectivity index (χ1v) is 3.64. The fourth-order valence-electron chi connectivity index (χ4n) is 0.844. The van der Waals surface area contributed by atoms with E-state index in [2.05, 4.69) is 18.1 Å². The predicted molar refractivity (Wildman–Crippen MR) is 41.8 cm³/mol. The number of aromatic nitrogens is 1. The molecule has 0 spiro atoms. The van der Waals surface area contributed by atoms with Gasteiger partial charge in [0.2, 0.25) is 0 Å². The summed E-state index contributed by atoms with van der Waals surface area (Å²) in [6.45, 7) is 2.10. The molecule has 1 aromatic heterocycles. The van der Waals surface area contributed by atoms with Crippen LogP contribution in [0, 0.1) is 17.5 Å². The van der Waals surface area contributed by atoms with E-state index in [9.17, 15) is 0 Å². The Morgan fingerprint density at radius 3 is 2.91 bits per heavy atom. The largest absolute Gasteiger partial charge is 0.250 e. The van der Waals surface area contributed by atoms with E-state index in [-0.39, 0.29) is 0 Å². The summed E-state index contributed by atoms with van der Waals surface area (Å²) in [5.41, 5.74) is 1.51. The van der Waals surface area contributed by atoms with E-state index in [1.807, 2.05) is 12.1 Å².